The van der Waals surface area contributed by atoms with Crippen molar-refractivity contribution in [3.8, 4) is 11.5 Å². The second-order valence-electron chi connectivity index (χ2n) is 9.63. The van der Waals surface area contributed by atoms with Crippen LogP contribution in [0.5, 0.6) is 0 Å². The first-order chi connectivity index (χ1) is 17.8. The minimum Gasteiger partial charge on any atom is -0.394 e. The number of aliphatic hydroxyl groups excluding tert-OH is 1. The molecule has 2 aromatic carbocycles. The smallest absolute Gasteiger partial charge is 0.263 e. The predicted molar refractivity (Wildman–Crippen MR) is 140 cm³/mol. The van der Waals surface area contributed by atoms with E-state index in [0.717, 1.165) is 17.5 Å². The van der Waals surface area contributed by atoms with Crippen molar-refractivity contribution in [3.63, 3.8) is 0 Å². The molecule has 0 unspecified atom stereocenters. The molecule has 5 rings (SSSR count). The third-order valence-corrected chi connectivity index (χ3v) is 6.19. The number of carbonyl (C=O) groups is 1. The molecule has 4 aromatic rings. The number of aryl methyl sites for hydroxylation is 1. The van der Waals surface area contributed by atoms with Crippen molar-refractivity contribution in [2.45, 2.75) is 45.2 Å². The van der Waals surface area contributed by atoms with Gasteiger partial charge in [0.1, 0.15) is 11.4 Å². The Hall–Kier alpha value is -4.31. The number of anilines is 3. The van der Waals surface area contributed by atoms with Crippen LogP contribution in [0, 0.1) is 0 Å². The molecular formula is C27H29N7O3. The first kappa shape index (κ1) is 24.4. The molecule has 37 heavy (non-hydrogen) atoms. The maximum atomic E-state index is 12.7. The molecular weight excluding hydrogens is 470 g/mol. The van der Waals surface area contributed by atoms with Crippen LogP contribution in [0.15, 0.2) is 59.3 Å². The Labute approximate surface area is 214 Å². The summed E-state index contributed by atoms with van der Waals surface area (Å²) in [6.45, 7) is 5.79. The Kier molecular flexibility index (Phi) is 6.58. The van der Waals surface area contributed by atoms with Crippen molar-refractivity contribution in [2.24, 2.45) is 0 Å². The summed E-state index contributed by atoms with van der Waals surface area (Å²) in [5.41, 5.74) is 3.43. The predicted octanol–water partition coefficient (Wildman–Crippen LogP) is 4.04. The average Bonchev–Trinajstić information content (AvgIpc) is 3.37. The van der Waals surface area contributed by atoms with Crippen LogP contribution < -0.4 is 16.0 Å². The van der Waals surface area contributed by atoms with E-state index in [0.29, 0.717) is 40.8 Å². The zero-order chi connectivity index (χ0) is 26.0. The molecule has 0 saturated carbocycles. The fourth-order valence-electron chi connectivity index (χ4n) is 4.34. The lowest BCUT2D eigenvalue weighted by Crippen LogP contribution is -2.49. The number of benzene rings is 2. The summed E-state index contributed by atoms with van der Waals surface area (Å²) in [5, 5.41) is 23.6. The second-order valence-corrected chi connectivity index (χ2v) is 9.63. The van der Waals surface area contributed by atoms with Gasteiger partial charge < -0.3 is 25.6 Å². The van der Waals surface area contributed by atoms with Gasteiger partial charge in [-0.1, -0.05) is 48.5 Å². The van der Waals surface area contributed by atoms with Gasteiger partial charge >= 0.3 is 0 Å². The quantitative estimate of drug-likeness (QED) is 0.283. The van der Waals surface area contributed by atoms with Crippen LogP contribution in [0.1, 0.15) is 54.1 Å². The summed E-state index contributed by atoms with van der Waals surface area (Å²) in [6, 6.07) is 14.8. The minimum atomic E-state index is -0.424. The van der Waals surface area contributed by atoms with E-state index in [1.54, 1.807) is 12.3 Å². The molecule has 1 aliphatic heterocycles. The lowest BCUT2D eigenvalue weighted by Gasteiger charge is -2.32. The number of carbonyl (C=O) groups excluding carboxylic acids is 1. The largest absolute Gasteiger partial charge is 0.394 e. The molecule has 0 saturated heterocycles. The van der Waals surface area contributed by atoms with Crippen molar-refractivity contribution >= 4 is 23.4 Å². The van der Waals surface area contributed by atoms with E-state index >= 15 is 0 Å². The van der Waals surface area contributed by atoms with Crippen molar-refractivity contribution < 1.29 is 14.4 Å². The van der Waals surface area contributed by atoms with Gasteiger partial charge in [-0.25, -0.2) is 4.98 Å². The Morgan fingerprint density at radius 3 is 2.68 bits per heavy atom. The van der Waals surface area contributed by atoms with Gasteiger partial charge in [-0.05, 0) is 43.5 Å². The van der Waals surface area contributed by atoms with Crippen molar-refractivity contribution in [2.75, 3.05) is 17.2 Å². The summed E-state index contributed by atoms with van der Waals surface area (Å²) in [6.07, 6.45) is 2.97. The Bertz CT molecular complexity index is 1420. The van der Waals surface area contributed by atoms with Crippen LogP contribution in [0.4, 0.5) is 17.5 Å². The summed E-state index contributed by atoms with van der Waals surface area (Å²) in [4.78, 5) is 26.2. The van der Waals surface area contributed by atoms with Crippen LogP contribution in [0.3, 0.4) is 0 Å². The Balaban J connectivity index is 1.48. The standard InChI is InChI=1S/C27H29N7O3/c1-4-22-31-25(37-34-22)20-14-28-26(32-23(20)30-21(15-35)16-8-6-5-7-9-16)29-18-11-10-17-13-27(2,3)33-24(36)19(17)12-18/h5-12,14,21,35H,4,13,15H2,1-3H3,(H,33,36)(H2,28,29,30,32)/t21-/m1/s1. The Morgan fingerprint density at radius 2 is 1.95 bits per heavy atom. The monoisotopic (exact) mass is 499 g/mol. The molecule has 10 heteroatoms. The highest BCUT2D eigenvalue weighted by Gasteiger charge is 2.30. The molecule has 10 nitrogen and oxygen atoms in total. The highest BCUT2D eigenvalue weighted by molar-refractivity contribution is 5.98. The molecule has 0 bridgehead atoms. The molecule has 1 amide bonds. The van der Waals surface area contributed by atoms with Crippen LogP contribution >= 0.6 is 0 Å². The molecule has 0 spiro atoms. The molecule has 1 aliphatic rings. The summed E-state index contributed by atoms with van der Waals surface area (Å²) < 4.78 is 5.44. The van der Waals surface area contributed by atoms with Gasteiger partial charge in [0.2, 0.25) is 5.95 Å². The van der Waals surface area contributed by atoms with E-state index < -0.39 is 6.04 Å². The van der Waals surface area contributed by atoms with Gasteiger partial charge in [0.05, 0.1) is 12.6 Å². The zero-order valence-electron chi connectivity index (χ0n) is 20.9. The van der Waals surface area contributed by atoms with Gasteiger partial charge in [0.15, 0.2) is 5.82 Å². The number of aliphatic hydroxyl groups is 1. The number of aromatic nitrogens is 4. The molecule has 0 fully saturated rings. The van der Waals surface area contributed by atoms with E-state index in [1.165, 1.54) is 0 Å². The molecule has 3 heterocycles. The maximum Gasteiger partial charge on any atom is 0.263 e. The third-order valence-electron chi connectivity index (χ3n) is 6.19. The molecule has 1 atom stereocenters. The highest BCUT2D eigenvalue weighted by atomic mass is 16.5. The van der Waals surface area contributed by atoms with Gasteiger partial charge in [0.25, 0.3) is 11.8 Å². The first-order valence-corrected chi connectivity index (χ1v) is 12.2. The van der Waals surface area contributed by atoms with Crippen molar-refractivity contribution in [1.29, 1.82) is 0 Å². The van der Waals surface area contributed by atoms with Crippen LogP contribution in [0.25, 0.3) is 11.5 Å². The van der Waals surface area contributed by atoms with Gasteiger partial charge in [-0.3, -0.25) is 4.79 Å². The number of hydrogen-bond acceptors (Lipinski definition) is 9. The SMILES string of the molecule is CCc1noc(-c2cnc(Nc3ccc4c(c3)C(=O)NC(C)(C)C4)nc2N[C@H](CO)c2ccccc2)n1. The third kappa shape index (κ3) is 5.29. The van der Waals surface area contributed by atoms with Crippen molar-refractivity contribution in [1.82, 2.24) is 25.4 Å². The Morgan fingerprint density at radius 1 is 1.14 bits per heavy atom. The lowest BCUT2D eigenvalue weighted by molar-refractivity contribution is 0.0897. The molecule has 0 radical (unpaired) electrons. The van der Waals surface area contributed by atoms with Gasteiger partial charge in [-0.15, -0.1) is 0 Å². The summed E-state index contributed by atoms with van der Waals surface area (Å²) >= 11 is 0. The van der Waals surface area contributed by atoms with Gasteiger partial charge in [-0.2, -0.15) is 9.97 Å². The van der Waals surface area contributed by atoms with E-state index in [1.807, 2.05) is 63.2 Å². The number of amides is 1. The first-order valence-electron chi connectivity index (χ1n) is 12.2. The number of rotatable bonds is 8. The average molecular weight is 500 g/mol. The molecule has 0 aliphatic carbocycles. The highest BCUT2D eigenvalue weighted by Crippen LogP contribution is 2.31. The minimum absolute atomic E-state index is 0.106. The molecule has 190 valence electrons. The second kappa shape index (κ2) is 9.98. The zero-order valence-corrected chi connectivity index (χ0v) is 20.9. The van der Waals surface area contributed by atoms with Gasteiger partial charge in [0, 0.05) is 29.4 Å². The summed E-state index contributed by atoms with van der Waals surface area (Å²) in [7, 11) is 0. The van der Waals surface area contributed by atoms with E-state index in [9.17, 15) is 9.90 Å². The van der Waals surface area contributed by atoms with E-state index in [4.69, 9.17) is 4.52 Å². The number of hydrogen-bond donors (Lipinski definition) is 4. The van der Waals surface area contributed by atoms with Crippen LogP contribution in [-0.2, 0) is 12.8 Å². The number of nitrogens with one attached hydrogen (secondary N) is 3. The van der Waals surface area contributed by atoms with Crippen LogP contribution in [0.2, 0.25) is 0 Å². The lowest BCUT2D eigenvalue weighted by atomic mass is 9.87. The normalized spacial score (nSPS) is 15.0. The van der Waals surface area contributed by atoms with Crippen LogP contribution in [-0.4, -0.2) is 43.3 Å². The number of fused-ring (bicyclic) bond motifs is 1. The molecule has 2 aromatic heterocycles. The van der Waals surface area contributed by atoms with E-state index in [-0.39, 0.29) is 23.9 Å². The number of nitrogens with zero attached hydrogens (tertiary/aromatic N) is 4. The fourth-order valence-corrected chi connectivity index (χ4v) is 4.34. The van der Waals surface area contributed by atoms with E-state index in [2.05, 4.69) is 36.1 Å². The summed E-state index contributed by atoms with van der Waals surface area (Å²) in [5.74, 6) is 1.47. The molecule has 4 N–H and O–H groups in total. The maximum absolute atomic E-state index is 12.7. The van der Waals surface area contributed by atoms with Crippen molar-refractivity contribution in [3.05, 3.63) is 77.2 Å². The fraction of sp³-hybridized carbons (Fsp3) is 0.296. The topological polar surface area (TPSA) is 138 Å².